The van der Waals surface area contributed by atoms with Gasteiger partial charge in [-0.05, 0) is 25.2 Å². The lowest BCUT2D eigenvalue weighted by Gasteiger charge is -2.29. The van der Waals surface area contributed by atoms with Gasteiger partial charge in [-0.1, -0.05) is 26.7 Å². The molecule has 0 saturated heterocycles. The molecule has 1 aliphatic rings. The lowest BCUT2D eigenvalue weighted by atomic mass is 9.74. The van der Waals surface area contributed by atoms with Gasteiger partial charge < -0.3 is 4.74 Å². The van der Waals surface area contributed by atoms with Crippen molar-refractivity contribution in [3.8, 4) is 5.75 Å². The number of hydrogen-bond donors (Lipinski definition) is 0. The number of rotatable bonds is 5. The second-order valence-corrected chi connectivity index (χ2v) is 6.10. The Labute approximate surface area is 115 Å². The molecule has 1 aromatic rings. The van der Waals surface area contributed by atoms with E-state index in [0.717, 1.165) is 32.1 Å². The summed E-state index contributed by atoms with van der Waals surface area (Å²) < 4.78 is 6.95. The number of aryl methyl sites for hydroxylation is 1. The van der Waals surface area contributed by atoms with E-state index < -0.39 is 0 Å². The van der Waals surface area contributed by atoms with Gasteiger partial charge in [0.1, 0.15) is 5.69 Å². The first-order chi connectivity index (χ1) is 9.00. The minimum atomic E-state index is -0.199. The number of nitrogens with zero attached hydrogens (tertiary/aromatic N) is 2. The first kappa shape index (κ1) is 14.1. The number of ketones is 1. The van der Waals surface area contributed by atoms with Gasteiger partial charge in [0.15, 0.2) is 11.5 Å². The molecule has 0 aliphatic heterocycles. The molecule has 0 unspecified atom stereocenters. The molecule has 4 nitrogen and oxygen atoms in total. The maximum atomic E-state index is 13.0. The maximum absolute atomic E-state index is 13.0. The highest BCUT2D eigenvalue weighted by atomic mass is 16.5. The van der Waals surface area contributed by atoms with Crippen LogP contribution in [-0.4, -0.2) is 22.7 Å². The molecule has 0 bridgehead atoms. The van der Waals surface area contributed by atoms with Crippen molar-refractivity contribution in [3.63, 3.8) is 0 Å². The van der Waals surface area contributed by atoms with E-state index in [2.05, 4.69) is 18.9 Å². The highest BCUT2D eigenvalue weighted by molar-refractivity contribution is 6.01. The van der Waals surface area contributed by atoms with Crippen molar-refractivity contribution < 1.29 is 9.53 Å². The third-order valence-corrected chi connectivity index (χ3v) is 4.18. The van der Waals surface area contributed by atoms with Crippen LogP contribution in [0, 0.1) is 11.3 Å². The first-order valence-corrected chi connectivity index (χ1v) is 7.11. The van der Waals surface area contributed by atoms with Gasteiger partial charge in [0.25, 0.3) is 0 Å². The van der Waals surface area contributed by atoms with Crippen LogP contribution < -0.4 is 4.74 Å². The summed E-state index contributed by atoms with van der Waals surface area (Å²) in [5.41, 5.74) is 0.431. The Bertz CT molecular complexity index is 457. The van der Waals surface area contributed by atoms with Crippen LogP contribution in [0.5, 0.6) is 5.75 Å². The molecule has 0 spiro atoms. The zero-order valence-corrected chi connectivity index (χ0v) is 12.4. The molecule has 1 saturated carbocycles. The van der Waals surface area contributed by atoms with E-state index in [4.69, 9.17) is 4.74 Å². The fraction of sp³-hybridized carbons (Fsp3) is 0.733. The summed E-state index contributed by atoms with van der Waals surface area (Å²) in [5, 5.41) is 4.16. The first-order valence-electron chi connectivity index (χ1n) is 7.11. The number of methoxy groups -OCH3 is 1. The van der Waals surface area contributed by atoms with Crippen molar-refractivity contribution in [2.45, 2.75) is 46.0 Å². The smallest absolute Gasteiger partial charge is 0.190 e. The normalized spacial score (nSPS) is 17.9. The molecule has 1 fully saturated rings. The second kappa shape index (κ2) is 5.35. The molecule has 0 amide bonds. The molecule has 1 heterocycles. The van der Waals surface area contributed by atoms with Gasteiger partial charge in [-0.25, -0.2) is 0 Å². The van der Waals surface area contributed by atoms with Crippen molar-refractivity contribution in [2.75, 3.05) is 7.11 Å². The lowest BCUT2D eigenvalue weighted by Crippen LogP contribution is -2.31. The van der Waals surface area contributed by atoms with E-state index in [0.29, 0.717) is 17.4 Å². The Morgan fingerprint density at radius 1 is 1.47 bits per heavy atom. The van der Waals surface area contributed by atoms with Crippen LogP contribution in [-0.2, 0) is 7.05 Å². The quantitative estimate of drug-likeness (QED) is 0.767. The van der Waals surface area contributed by atoms with E-state index in [1.54, 1.807) is 18.0 Å². The number of carbonyl (C=O) groups excluding carboxylic acids is 1. The van der Waals surface area contributed by atoms with Crippen LogP contribution in [0.3, 0.4) is 0 Å². The van der Waals surface area contributed by atoms with Crippen LogP contribution in [0.2, 0.25) is 0 Å². The molecule has 0 atom stereocenters. The summed E-state index contributed by atoms with van der Waals surface area (Å²) in [7, 11) is 3.41. The van der Waals surface area contributed by atoms with Gasteiger partial charge in [0.05, 0.1) is 13.3 Å². The number of hydrogen-bond acceptors (Lipinski definition) is 3. The average Bonchev–Trinajstić information content (AvgIpc) is 2.95. The monoisotopic (exact) mass is 264 g/mol. The van der Waals surface area contributed by atoms with Gasteiger partial charge >= 0.3 is 0 Å². The van der Waals surface area contributed by atoms with E-state index in [1.165, 1.54) is 0 Å². The molecule has 19 heavy (non-hydrogen) atoms. The van der Waals surface area contributed by atoms with Gasteiger partial charge in [-0.3, -0.25) is 9.48 Å². The SMILES string of the molecule is COc1cnn(C)c1C(=O)C1(CC(C)C)CCCC1. The molecular formula is C15H24N2O2. The van der Waals surface area contributed by atoms with Crippen LogP contribution in [0.15, 0.2) is 6.20 Å². The Morgan fingerprint density at radius 2 is 2.11 bits per heavy atom. The van der Waals surface area contributed by atoms with Gasteiger partial charge in [-0.15, -0.1) is 0 Å². The van der Waals surface area contributed by atoms with Crippen LogP contribution >= 0.6 is 0 Å². The summed E-state index contributed by atoms with van der Waals surface area (Å²) in [6.45, 7) is 4.38. The topological polar surface area (TPSA) is 44.1 Å². The molecule has 106 valence electrons. The van der Waals surface area contributed by atoms with Crippen LogP contribution in [0.4, 0.5) is 0 Å². The predicted octanol–water partition coefficient (Wildman–Crippen LogP) is 3.22. The number of aromatic nitrogens is 2. The summed E-state index contributed by atoms with van der Waals surface area (Å²) in [6.07, 6.45) is 6.89. The molecule has 0 N–H and O–H groups in total. The van der Waals surface area contributed by atoms with Gasteiger partial charge in [-0.2, -0.15) is 5.10 Å². The molecule has 0 aromatic carbocycles. The Balaban J connectivity index is 2.37. The minimum Gasteiger partial charge on any atom is -0.493 e. The van der Waals surface area contributed by atoms with Gasteiger partial charge in [0, 0.05) is 12.5 Å². The second-order valence-electron chi connectivity index (χ2n) is 6.10. The summed E-state index contributed by atoms with van der Waals surface area (Å²) in [6, 6.07) is 0. The van der Waals surface area contributed by atoms with Crippen molar-refractivity contribution in [1.82, 2.24) is 9.78 Å². The van der Waals surface area contributed by atoms with Gasteiger partial charge in [0.2, 0.25) is 0 Å². The average molecular weight is 264 g/mol. The maximum Gasteiger partial charge on any atom is 0.190 e. The fourth-order valence-corrected chi connectivity index (χ4v) is 3.43. The number of Topliss-reactive ketones (excluding diaryl/α,β-unsaturated/α-hetero) is 1. The van der Waals surface area contributed by atoms with E-state index in [-0.39, 0.29) is 11.2 Å². The highest BCUT2D eigenvalue weighted by Crippen LogP contribution is 2.46. The van der Waals surface area contributed by atoms with Crippen LogP contribution in [0.1, 0.15) is 56.4 Å². The number of ether oxygens (including phenoxy) is 1. The van der Waals surface area contributed by atoms with E-state index >= 15 is 0 Å². The van der Waals surface area contributed by atoms with Crippen molar-refractivity contribution in [1.29, 1.82) is 0 Å². The summed E-state index contributed by atoms with van der Waals surface area (Å²) >= 11 is 0. The lowest BCUT2D eigenvalue weighted by molar-refractivity contribution is 0.0745. The Kier molecular flexibility index (Phi) is 3.97. The summed E-state index contributed by atoms with van der Waals surface area (Å²) in [4.78, 5) is 13.0. The summed E-state index contributed by atoms with van der Waals surface area (Å²) in [5.74, 6) is 1.35. The van der Waals surface area contributed by atoms with Crippen molar-refractivity contribution in [2.24, 2.45) is 18.4 Å². The molecule has 4 heteroatoms. The minimum absolute atomic E-state index is 0.199. The van der Waals surface area contributed by atoms with E-state index in [1.807, 2.05) is 7.05 Å². The fourth-order valence-electron chi connectivity index (χ4n) is 3.43. The third-order valence-electron chi connectivity index (χ3n) is 4.18. The van der Waals surface area contributed by atoms with E-state index in [9.17, 15) is 4.79 Å². The zero-order chi connectivity index (χ0) is 14.0. The Morgan fingerprint density at radius 3 is 2.63 bits per heavy atom. The molecule has 1 aromatic heterocycles. The largest absolute Gasteiger partial charge is 0.493 e. The molecule has 0 radical (unpaired) electrons. The molecule has 1 aliphatic carbocycles. The third kappa shape index (κ3) is 2.53. The van der Waals surface area contributed by atoms with Crippen molar-refractivity contribution >= 4 is 5.78 Å². The van der Waals surface area contributed by atoms with Crippen LogP contribution in [0.25, 0.3) is 0 Å². The molecule has 2 rings (SSSR count). The zero-order valence-electron chi connectivity index (χ0n) is 12.4. The Hall–Kier alpha value is -1.32. The highest BCUT2D eigenvalue weighted by Gasteiger charge is 2.43. The number of carbonyl (C=O) groups is 1. The molecular weight excluding hydrogens is 240 g/mol. The predicted molar refractivity (Wildman–Crippen MR) is 74.4 cm³/mol. The standard InChI is InChI=1S/C15H24N2O2/c1-11(2)9-15(7-5-6-8-15)14(18)13-12(19-4)10-16-17(13)3/h10-11H,5-9H2,1-4H3. The van der Waals surface area contributed by atoms with Crippen molar-refractivity contribution in [3.05, 3.63) is 11.9 Å².